The minimum Gasteiger partial charge on any atom is -0.424 e. The summed E-state index contributed by atoms with van der Waals surface area (Å²) in [5.74, 6) is 0.399. The molecule has 0 fully saturated rings. The Morgan fingerprint density at radius 1 is 0.968 bits per heavy atom. The molecule has 0 atom stereocenters. The summed E-state index contributed by atoms with van der Waals surface area (Å²) < 4.78 is 7.29. The van der Waals surface area contributed by atoms with Gasteiger partial charge in [-0.25, -0.2) is 14.6 Å². The summed E-state index contributed by atoms with van der Waals surface area (Å²) in [6.45, 7) is 0.611. The van der Waals surface area contributed by atoms with Gasteiger partial charge in [0.25, 0.3) is 6.01 Å². The Labute approximate surface area is 177 Å². The molecule has 0 radical (unpaired) electrons. The first-order valence-electron chi connectivity index (χ1n) is 10.4. The van der Waals surface area contributed by atoms with Crippen LogP contribution in [-0.4, -0.2) is 24.7 Å². The molecule has 4 N–H and O–H groups in total. The molecule has 1 aliphatic carbocycles. The van der Waals surface area contributed by atoms with E-state index in [0.717, 1.165) is 23.1 Å². The van der Waals surface area contributed by atoms with Gasteiger partial charge in [-0.2, -0.15) is 10.1 Å². The largest absolute Gasteiger partial charge is 0.424 e. The number of nitrogens with zero attached hydrogens (tertiary/aromatic N) is 5. The molecule has 0 bridgehead atoms. The molecule has 0 amide bonds. The predicted molar refractivity (Wildman–Crippen MR) is 119 cm³/mol. The van der Waals surface area contributed by atoms with Gasteiger partial charge >= 0.3 is 0 Å². The molecule has 0 saturated heterocycles. The van der Waals surface area contributed by atoms with E-state index < -0.39 is 0 Å². The van der Waals surface area contributed by atoms with Gasteiger partial charge in [-0.05, 0) is 60.6 Å². The Morgan fingerprint density at radius 2 is 1.84 bits per heavy atom. The maximum atomic E-state index is 6.25. The van der Waals surface area contributed by atoms with Crippen molar-refractivity contribution in [2.75, 3.05) is 11.5 Å². The van der Waals surface area contributed by atoms with E-state index in [9.17, 15) is 0 Å². The second kappa shape index (κ2) is 6.80. The molecule has 2 aromatic carbocycles. The van der Waals surface area contributed by atoms with Crippen molar-refractivity contribution in [3.05, 3.63) is 59.4 Å². The van der Waals surface area contributed by atoms with Crippen LogP contribution < -0.4 is 11.5 Å². The molecule has 5 aromatic rings. The minimum atomic E-state index is 0.137. The first kappa shape index (κ1) is 17.9. The molecule has 0 aliphatic heterocycles. The van der Waals surface area contributed by atoms with Crippen molar-refractivity contribution in [1.82, 2.24) is 24.7 Å². The molecule has 8 nitrogen and oxygen atoms in total. The van der Waals surface area contributed by atoms with E-state index >= 15 is 0 Å². The van der Waals surface area contributed by atoms with Gasteiger partial charge in [0.05, 0.1) is 11.9 Å². The predicted octanol–water partition coefficient (Wildman–Crippen LogP) is 3.73. The van der Waals surface area contributed by atoms with Crippen LogP contribution in [0.4, 0.5) is 11.8 Å². The molecule has 1 aliphatic rings. The third-order valence-electron chi connectivity index (χ3n) is 5.98. The summed E-state index contributed by atoms with van der Waals surface area (Å²) in [4.78, 5) is 12.9. The standard InChI is InChI=1S/C23H21N7O/c24-21-19-20(16-7-8-18-17(10-16)28-23(25)31-18)29-30(22(19)27-12-26-21)11-13-5-6-14-3-1-2-4-15(14)9-13/h5-10,12H,1-4,11H2,(H2,25,28)(H2,24,26,27). The van der Waals surface area contributed by atoms with Gasteiger partial charge in [0.1, 0.15) is 23.4 Å². The normalized spacial score (nSPS) is 13.7. The topological polar surface area (TPSA) is 122 Å². The molecule has 0 unspecified atom stereocenters. The Hall–Kier alpha value is -3.94. The Morgan fingerprint density at radius 3 is 2.74 bits per heavy atom. The lowest BCUT2D eigenvalue weighted by Crippen LogP contribution is -2.07. The fourth-order valence-corrected chi connectivity index (χ4v) is 4.49. The fourth-order valence-electron chi connectivity index (χ4n) is 4.49. The fraction of sp³-hybridized carbons (Fsp3) is 0.217. The number of anilines is 2. The number of aromatic nitrogens is 5. The van der Waals surface area contributed by atoms with E-state index in [0.29, 0.717) is 29.1 Å². The van der Waals surface area contributed by atoms with E-state index in [4.69, 9.17) is 21.0 Å². The third-order valence-corrected chi connectivity index (χ3v) is 5.98. The highest BCUT2D eigenvalue weighted by Gasteiger charge is 2.19. The molecule has 8 heteroatoms. The van der Waals surface area contributed by atoms with Crippen LogP contribution in [-0.2, 0) is 19.4 Å². The van der Waals surface area contributed by atoms with Gasteiger partial charge in [0.2, 0.25) is 0 Å². The Kier molecular flexibility index (Phi) is 3.92. The van der Waals surface area contributed by atoms with Crippen LogP contribution in [0.15, 0.2) is 47.1 Å². The Balaban J connectivity index is 1.47. The third kappa shape index (κ3) is 2.99. The highest BCUT2D eigenvalue weighted by molar-refractivity contribution is 5.99. The van der Waals surface area contributed by atoms with Crippen LogP contribution >= 0.6 is 0 Å². The molecular formula is C23H21N7O. The molecule has 0 spiro atoms. The van der Waals surface area contributed by atoms with Crippen LogP contribution in [0.2, 0.25) is 0 Å². The number of hydrogen-bond donors (Lipinski definition) is 2. The van der Waals surface area contributed by atoms with E-state index in [1.54, 1.807) is 0 Å². The number of fused-ring (bicyclic) bond motifs is 3. The minimum absolute atomic E-state index is 0.137. The van der Waals surface area contributed by atoms with E-state index in [2.05, 4.69) is 33.2 Å². The zero-order valence-electron chi connectivity index (χ0n) is 16.9. The molecule has 6 rings (SSSR count). The number of benzene rings is 2. The van der Waals surface area contributed by atoms with Crippen molar-refractivity contribution in [1.29, 1.82) is 0 Å². The van der Waals surface area contributed by atoms with Crippen LogP contribution in [0.25, 0.3) is 33.4 Å². The van der Waals surface area contributed by atoms with E-state index in [1.807, 2.05) is 22.9 Å². The van der Waals surface area contributed by atoms with Crippen LogP contribution in [0.3, 0.4) is 0 Å². The lowest BCUT2D eigenvalue weighted by molar-refractivity contribution is 0.626. The van der Waals surface area contributed by atoms with Gasteiger partial charge in [0.15, 0.2) is 11.2 Å². The molecule has 154 valence electrons. The quantitative estimate of drug-likeness (QED) is 0.464. The van der Waals surface area contributed by atoms with Crippen LogP contribution in [0.1, 0.15) is 29.5 Å². The second-order valence-corrected chi connectivity index (χ2v) is 8.01. The lowest BCUT2D eigenvalue weighted by Gasteiger charge is -2.16. The Bertz CT molecular complexity index is 1450. The van der Waals surface area contributed by atoms with Gasteiger partial charge < -0.3 is 15.9 Å². The van der Waals surface area contributed by atoms with E-state index in [1.165, 1.54) is 42.3 Å². The van der Waals surface area contributed by atoms with Gasteiger partial charge in [-0.1, -0.05) is 18.2 Å². The van der Waals surface area contributed by atoms with Gasteiger partial charge in [0, 0.05) is 5.56 Å². The zero-order chi connectivity index (χ0) is 20.9. The maximum Gasteiger partial charge on any atom is 0.292 e. The molecule has 0 saturated carbocycles. The lowest BCUT2D eigenvalue weighted by atomic mass is 9.90. The summed E-state index contributed by atoms with van der Waals surface area (Å²) >= 11 is 0. The average molecular weight is 411 g/mol. The van der Waals surface area contributed by atoms with Crippen molar-refractivity contribution >= 4 is 34.0 Å². The monoisotopic (exact) mass is 411 g/mol. The number of nitrogens with two attached hydrogens (primary N) is 2. The first-order chi connectivity index (χ1) is 15.2. The summed E-state index contributed by atoms with van der Waals surface area (Å²) in [6.07, 6.45) is 6.32. The van der Waals surface area contributed by atoms with Gasteiger partial charge in [-0.3, -0.25) is 0 Å². The average Bonchev–Trinajstić information content (AvgIpc) is 3.33. The number of hydrogen-bond acceptors (Lipinski definition) is 7. The molecule has 31 heavy (non-hydrogen) atoms. The number of nitrogen functional groups attached to an aromatic ring is 2. The summed E-state index contributed by atoms with van der Waals surface area (Å²) in [5, 5.41) is 5.62. The van der Waals surface area contributed by atoms with Crippen molar-refractivity contribution in [3.63, 3.8) is 0 Å². The van der Waals surface area contributed by atoms with Crippen molar-refractivity contribution in [2.24, 2.45) is 0 Å². The molecule has 3 heterocycles. The van der Waals surface area contributed by atoms with Crippen molar-refractivity contribution in [3.8, 4) is 11.3 Å². The zero-order valence-corrected chi connectivity index (χ0v) is 16.9. The molecule has 3 aromatic heterocycles. The van der Waals surface area contributed by atoms with Crippen molar-refractivity contribution < 1.29 is 4.42 Å². The van der Waals surface area contributed by atoms with Crippen molar-refractivity contribution in [2.45, 2.75) is 32.2 Å². The number of aryl methyl sites for hydroxylation is 2. The maximum absolute atomic E-state index is 6.25. The molecular weight excluding hydrogens is 390 g/mol. The highest BCUT2D eigenvalue weighted by atomic mass is 16.4. The summed E-state index contributed by atoms with van der Waals surface area (Å²) in [6, 6.07) is 12.5. The summed E-state index contributed by atoms with van der Waals surface area (Å²) in [7, 11) is 0. The second-order valence-electron chi connectivity index (χ2n) is 8.01. The smallest absolute Gasteiger partial charge is 0.292 e. The highest BCUT2D eigenvalue weighted by Crippen LogP contribution is 2.33. The number of oxazole rings is 1. The SMILES string of the molecule is Nc1nc2cc(-c3nn(Cc4ccc5c(c4)CCCC5)c4ncnc(N)c34)ccc2o1. The number of rotatable bonds is 3. The first-order valence-corrected chi connectivity index (χ1v) is 10.4. The van der Waals surface area contributed by atoms with Gasteiger partial charge in [-0.15, -0.1) is 0 Å². The summed E-state index contributed by atoms with van der Waals surface area (Å²) in [5.41, 5.74) is 19.6. The van der Waals surface area contributed by atoms with Crippen LogP contribution in [0, 0.1) is 0 Å². The van der Waals surface area contributed by atoms with Crippen LogP contribution in [0.5, 0.6) is 0 Å². The van der Waals surface area contributed by atoms with E-state index in [-0.39, 0.29) is 6.01 Å².